The van der Waals surface area contributed by atoms with E-state index in [1.807, 2.05) is 48.4 Å². The van der Waals surface area contributed by atoms with E-state index < -0.39 is 0 Å². The average molecular weight is 442 g/mol. The lowest BCUT2D eigenvalue weighted by atomic mass is 9.97. The Hall–Kier alpha value is -2.15. The molecule has 0 spiro atoms. The molecule has 0 unspecified atom stereocenters. The minimum Gasteiger partial charge on any atom is -0.508 e. The van der Waals surface area contributed by atoms with Gasteiger partial charge in [0, 0.05) is 55.1 Å². The number of benzene rings is 1. The lowest BCUT2D eigenvalue weighted by Crippen LogP contribution is -2.57. The van der Waals surface area contributed by atoms with Crippen molar-refractivity contribution >= 4 is 17.2 Å². The van der Waals surface area contributed by atoms with Gasteiger partial charge in [-0.15, -0.1) is 17.9 Å². The van der Waals surface area contributed by atoms with Crippen LogP contribution < -0.4 is 0 Å². The minimum atomic E-state index is -0.00122. The zero-order chi connectivity index (χ0) is 22.5. The molecular weight excluding hydrogens is 406 g/mol. The van der Waals surface area contributed by atoms with E-state index in [-0.39, 0.29) is 17.7 Å². The fourth-order valence-electron chi connectivity index (χ4n) is 4.52. The van der Waals surface area contributed by atoms with Gasteiger partial charge in [-0.3, -0.25) is 14.6 Å². The van der Waals surface area contributed by atoms with Crippen molar-refractivity contribution in [3.63, 3.8) is 0 Å². The zero-order valence-electron chi connectivity index (χ0n) is 19.1. The van der Waals surface area contributed by atoms with Crippen LogP contribution in [0.25, 0.3) is 0 Å². The van der Waals surface area contributed by atoms with Gasteiger partial charge in [0.05, 0.1) is 11.6 Å². The van der Waals surface area contributed by atoms with Gasteiger partial charge >= 0.3 is 0 Å². The second-order valence-electron chi connectivity index (χ2n) is 8.35. The van der Waals surface area contributed by atoms with Crippen LogP contribution in [-0.2, 0) is 0 Å². The number of phenolic OH excluding ortho intramolecular Hbond substituents is 1. The van der Waals surface area contributed by atoms with Crippen molar-refractivity contribution in [3.8, 4) is 5.75 Å². The summed E-state index contributed by atoms with van der Waals surface area (Å²) in [7, 11) is 0. The van der Waals surface area contributed by atoms with Gasteiger partial charge in [-0.1, -0.05) is 18.2 Å². The van der Waals surface area contributed by atoms with E-state index in [4.69, 9.17) is 0 Å². The summed E-state index contributed by atoms with van der Waals surface area (Å²) in [6.07, 6.45) is 1.97. The second kappa shape index (κ2) is 10.4. The van der Waals surface area contributed by atoms with Crippen molar-refractivity contribution in [2.24, 2.45) is 0 Å². The second-order valence-corrected chi connectivity index (χ2v) is 9.29. The molecular formula is C25H35N3O2S. The highest BCUT2D eigenvalue weighted by Crippen LogP contribution is 2.37. The molecule has 1 aliphatic heterocycles. The molecule has 1 amide bonds. The number of nitrogens with zero attached hydrogens (tertiary/aromatic N) is 3. The largest absolute Gasteiger partial charge is 0.508 e. The molecule has 1 saturated heterocycles. The number of hydrogen-bond acceptors (Lipinski definition) is 5. The maximum atomic E-state index is 12.9. The summed E-state index contributed by atoms with van der Waals surface area (Å²) in [4.78, 5) is 20.9. The normalized spacial score (nSPS) is 21.0. The molecule has 168 valence electrons. The summed E-state index contributed by atoms with van der Waals surface area (Å²) in [5.41, 5.74) is 1.81. The first-order valence-corrected chi connectivity index (χ1v) is 12.0. The Labute approximate surface area is 190 Å². The van der Waals surface area contributed by atoms with Gasteiger partial charge < -0.3 is 10.0 Å². The number of piperazine rings is 1. The van der Waals surface area contributed by atoms with Crippen LogP contribution in [0.4, 0.5) is 0 Å². The smallest absolute Gasteiger partial charge is 0.254 e. The average Bonchev–Trinajstić information content (AvgIpc) is 3.22. The minimum absolute atomic E-state index is 0.00122. The van der Waals surface area contributed by atoms with E-state index in [1.54, 1.807) is 17.4 Å². The maximum absolute atomic E-state index is 12.9. The van der Waals surface area contributed by atoms with Crippen LogP contribution in [0.15, 0.2) is 48.4 Å². The van der Waals surface area contributed by atoms with Crippen molar-refractivity contribution in [2.45, 2.75) is 45.8 Å². The Morgan fingerprint density at radius 1 is 1.26 bits per heavy atom. The number of rotatable bonds is 8. The number of amides is 1. The van der Waals surface area contributed by atoms with Crippen molar-refractivity contribution < 1.29 is 9.90 Å². The van der Waals surface area contributed by atoms with Crippen LogP contribution in [0.3, 0.4) is 0 Å². The molecule has 31 heavy (non-hydrogen) atoms. The van der Waals surface area contributed by atoms with Crippen molar-refractivity contribution in [2.75, 3.05) is 32.7 Å². The van der Waals surface area contributed by atoms with Crippen molar-refractivity contribution in [1.82, 2.24) is 14.7 Å². The van der Waals surface area contributed by atoms with E-state index >= 15 is 0 Å². The number of aromatic hydroxyl groups is 1. The third-order valence-corrected chi connectivity index (χ3v) is 7.22. The van der Waals surface area contributed by atoms with Crippen molar-refractivity contribution in [3.05, 3.63) is 64.4 Å². The van der Waals surface area contributed by atoms with Gasteiger partial charge in [0.2, 0.25) is 0 Å². The molecule has 1 fully saturated rings. The molecule has 2 aromatic rings. The number of thiophene rings is 1. The lowest BCUT2D eigenvalue weighted by Gasteiger charge is -2.47. The molecule has 0 radical (unpaired) electrons. The monoisotopic (exact) mass is 441 g/mol. The molecule has 5 nitrogen and oxygen atoms in total. The summed E-state index contributed by atoms with van der Waals surface area (Å²) in [6.45, 7) is 16.6. The van der Waals surface area contributed by atoms with Gasteiger partial charge in [0.15, 0.2) is 0 Å². The first-order valence-electron chi connectivity index (χ1n) is 11.2. The highest BCUT2D eigenvalue weighted by Gasteiger charge is 2.35. The van der Waals surface area contributed by atoms with Crippen LogP contribution in [0.2, 0.25) is 0 Å². The Morgan fingerprint density at radius 2 is 2.00 bits per heavy atom. The Bertz CT molecular complexity index is 892. The molecule has 1 N–H and O–H groups in total. The number of carbonyl (C=O) groups is 1. The standard InChI is InChI=1S/C25H35N3O2S/c1-6-12-27-15-19(5)28(16-18(27)4)24(20-10-9-11-22(29)13-20)23-14-21(17-31-23)25(30)26(7-2)8-3/h6,9-11,13-14,17-19,24,29H,1,7-8,12,15-16H2,2-5H3/t18-,19+,24+/m1/s1. The van der Waals surface area contributed by atoms with E-state index in [0.717, 1.165) is 35.6 Å². The molecule has 1 aromatic carbocycles. The quantitative estimate of drug-likeness (QED) is 0.608. The molecule has 2 heterocycles. The number of carbonyl (C=O) groups excluding carboxylic acids is 1. The Balaban J connectivity index is 1.97. The Morgan fingerprint density at radius 3 is 2.65 bits per heavy atom. The zero-order valence-corrected chi connectivity index (χ0v) is 19.9. The fourth-order valence-corrected chi connectivity index (χ4v) is 5.55. The predicted molar refractivity (Wildman–Crippen MR) is 129 cm³/mol. The summed E-state index contributed by atoms with van der Waals surface area (Å²) < 4.78 is 0. The van der Waals surface area contributed by atoms with Gasteiger partial charge in [-0.25, -0.2) is 0 Å². The first kappa shape index (κ1) is 23.5. The topological polar surface area (TPSA) is 47.0 Å². The summed E-state index contributed by atoms with van der Waals surface area (Å²) in [5.74, 6) is 0.351. The SMILES string of the molecule is C=CCN1C[C@H](C)N([C@@H](c2cccc(O)c2)c2cc(C(=O)N(CC)CC)cs2)C[C@H]1C. The van der Waals surface area contributed by atoms with Crippen LogP contribution in [-0.4, -0.2) is 70.5 Å². The predicted octanol–water partition coefficient (Wildman–Crippen LogP) is 4.61. The van der Waals surface area contributed by atoms with Gasteiger partial charge in [-0.2, -0.15) is 0 Å². The first-order chi connectivity index (χ1) is 14.9. The van der Waals surface area contributed by atoms with Crippen LogP contribution >= 0.6 is 11.3 Å². The molecule has 1 aromatic heterocycles. The fraction of sp³-hybridized carbons (Fsp3) is 0.480. The third kappa shape index (κ3) is 5.20. The lowest BCUT2D eigenvalue weighted by molar-refractivity contribution is 0.0314. The van der Waals surface area contributed by atoms with E-state index in [9.17, 15) is 9.90 Å². The Kier molecular flexibility index (Phi) is 7.92. The summed E-state index contributed by atoms with van der Waals surface area (Å²) in [5, 5.41) is 12.2. The molecule has 3 atom stereocenters. The van der Waals surface area contributed by atoms with Gasteiger partial charge in [0.1, 0.15) is 5.75 Å². The highest BCUT2D eigenvalue weighted by molar-refractivity contribution is 7.10. The molecule has 3 rings (SSSR count). The van der Waals surface area contributed by atoms with E-state index in [1.165, 1.54) is 0 Å². The maximum Gasteiger partial charge on any atom is 0.254 e. The van der Waals surface area contributed by atoms with Crippen LogP contribution in [0.1, 0.15) is 54.5 Å². The number of phenols is 1. The van der Waals surface area contributed by atoms with E-state index in [2.05, 4.69) is 36.3 Å². The van der Waals surface area contributed by atoms with Crippen LogP contribution in [0.5, 0.6) is 5.75 Å². The molecule has 1 aliphatic rings. The van der Waals surface area contributed by atoms with Crippen LogP contribution in [0, 0.1) is 0 Å². The third-order valence-electron chi connectivity index (χ3n) is 6.23. The van der Waals surface area contributed by atoms with Gasteiger partial charge in [0.25, 0.3) is 5.91 Å². The summed E-state index contributed by atoms with van der Waals surface area (Å²) in [6, 6.07) is 10.3. The van der Waals surface area contributed by atoms with Crippen molar-refractivity contribution in [1.29, 1.82) is 0 Å². The number of hydrogen-bond donors (Lipinski definition) is 1. The van der Waals surface area contributed by atoms with Gasteiger partial charge in [-0.05, 0) is 51.5 Å². The van der Waals surface area contributed by atoms with E-state index in [0.29, 0.717) is 25.2 Å². The molecule has 6 heteroatoms. The molecule has 0 aliphatic carbocycles. The molecule has 0 bridgehead atoms. The molecule has 0 saturated carbocycles. The summed E-state index contributed by atoms with van der Waals surface area (Å²) >= 11 is 1.63. The highest BCUT2D eigenvalue weighted by atomic mass is 32.1.